The summed E-state index contributed by atoms with van der Waals surface area (Å²) in [5.74, 6) is -0.148. The Kier molecular flexibility index (Phi) is 10.3. The van der Waals surface area contributed by atoms with Crippen molar-refractivity contribution in [1.82, 2.24) is 4.90 Å². The van der Waals surface area contributed by atoms with Crippen LogP contribution in [0, 0.1) is 5.92 Å². The Balaban J connectivity index is 1.65. The lowest BCUT2D eigenvalue weighted by Crippen LogP contribution is -2.38. The van der Waals surface area contributed by atoms with Gasteiger partial charge in [0.05, 0.1) is 12.9 Å². The summed E-state index contributed by atoms with van der Waals surface area (Å²) in [6, 6.07) is 9.60. The largest absolute Gasteiger partial charge is 0.464 e. The maximum atomic E-state index is 12.2. The highest BCUT2D eigenvalue weighted by Gasteiger charge is 2.26. The zero-order valence-corrected chi connectivity index (χ0v) is 19.1. The maximum Gasteiger partial charge on any atom is 0.410 e. The van der Waals surface area contributed by atoms with Crippen molar-refractivity contribution in [3.8, 4) is 0 Å². The van der Waals surface area contributed by atoms with Gasteiger partial charge in [0.2, 0.25) is 0 Å². The fraction of sp³-hybridized carbons (Fsp3) is 0.636. The third-order valence-corrected chi connectivity index (χ3v) is 5.83. The van der Waals surface area contributed by atoms with Crippen LogP contribution in [0.3, 0.4) is 0 Å². The molecule has 9 heteroatoms. The zero-order valence-electron chi connectivity index (χ0n) is 18.3. The molecule has 2 rings (SSSR count). The summed E-state index contributed by atoms with van der Waals surface area (Å²) in [4.78, 5) is 25.9. The minimum absolute atomic E-state index is 0.175. The van der Waals surface area contributed by atoms with Crippen LogP contribution in [0.4, 0.5) is 4.79 Å². The summed E-state index contributed by atoms with van der Waals surface area (Å²) in [6.45, 7) is 3.45. The second-order valence-electron chi connectivity index (χ2n) is 7.80. The molecule has 1 fully saturated rings. The van der Waals surface area contributed by atoms with Crippen LogP contribution in [-0.4, -0.2) is 57.4 Å². The number of benzene rings is 1. The summed E-state index contributed by atoms with van der Waals surface area (Å²) in [7, 11) is -3.73. The van der Waals surface area contributed by atoms with Gasteiger partial charge in [-0.25, -0.2) is 9.59 Å². The van der Waals surface area contributed by atoms with Gasteiger partial charge < -0.3 is 14.4 Å². The van der Waals surface area contributed by atoms with Crippen molar-refractivity contribution in [1.29, 1.82) is 0 Å². The summed E-state index contributed by atoms with van der Waals surface area (Å²) in [5.41, 5.74) is 0.965. The molecular weight excluding hydrogens is 422 g/mol. The number of nitrogens with zero attached hydrogens (tertiary/aromatic N) is 1. The maximum absolute atomic E-state index is 12.2. The number of unbranched alkanes of at least 4 members (excludes halogenated alkanes) is 1. The van der Waals surface area contributed by atoms with E-state index in [1.54, 1.807) is 11.8 Å². The number of carbonyl (C=O) groups excluding carboxylic acids is 2. The van der Waals surface area contributed by atoms with Gasteiger partial charge in [0.25, 0.3) is 10.1 Å². The Morgan fingerprint density at radius 3 is 2.39 bits per heavy atom. The summed E-state index contributed by atoms with van der Waals surface area (Å²) in [5, 5.41) is 0. The number of carbonyl (C=O) groups is 2. The SMILES string of the molecule is CCOC(=O)C(CCCCC1CCN(C(=O)OCc2ccccc2)CC1)OS(C)(=O)=O. The molecule has 1 saturated heterocycles. The molecule has 1 unspecified atom stereocenters. The van der Waals surface area contributed by atoms with E-state index in [1.165, 1.54) is 0 Å². The molecule has 1 aromatic rings. The summed E-state index contributed by atoms with van der Waals surface area (Å²) >= 11 is 0. The molecule has 0 spiro atoms. The van der Waals surface area contributed by atoms with Crippen molar-refractivity contribution in [2.75, 3.05) is 26.0 Å². The average molecular weight is 456 g/mol. The van der Waals surface area contributed by atoms with Crippen LogP contribution in [0.1, 0.15) is 51.0 Å². The van der Waals surface area contributed by atoms with Crippen molar-refractivity contribution in [3.63, 3.8) is 0 Å². The molecule has 1 amide bonds. The highest BCUT2D eigenvalue weighted by atomic mass is 32.2. The third-order valence-electron chi connectivity index (χ3n) is 5.25. The monoisotopic (exact) mass is 455 g/mol. The van der Waals surface area contributed by atoms with Gasteiger partial charge in [0, 0.05) is 13.1 Å². The first kappa shape index (κ1) is 25.1. The Labute approximate surface area is 185 Å². The van der Waals surface area contributed by atoms with Gasteiger partial charge in [-0.05, 0) is 37.7 Å². The van der Waals surface area contributed by atoms with Gasteiger partial charge in [0.15, 0.2) is 6.10 Å². The number of piperidine rings is 1. The van der Waals surface area contributed by atoms with E-state index in [-0.39, 0.29) is 19.3 Å². The highest BCUT2D eigenvalue weighted by molar-refractivity contribution is 7.86. The van der Waals surface area contributed by atoms with Crippen molar-refractivity contribution >= 4 is 22.2 Å². The van der Waals surface area contributed by atoms with E-state index in [0.717, 1.165) is 37.5 Å². The van der Waals surface area contributed by atoms with Crippen molar-refractivity contribution in [2.45, 2.75) is 58.2 Å². The molecule has 1 aromatic carbocycles. The first-order chi connectivity index (χ1) is 14.8. The highest BCUT2D eigenvalue weighted by Crippen LogP contribution is 2.24. The number of esters is 1. The van der Waals surface area contributed by atoms with Crippen LogP contribution in [0.5, 0.6) is 0 Å². The molecule has 8 nitrogen and oxygen atoms in total. The van der Waals surface area contributed by atoms with Gasteiger partial charge in [-0.3, -0.25) is 4.18 Å². The summed E-state index contributed by atoms with van der Waals surface area (Å²) < 4.78 is 37.9. The second kappa shape index (κ2) is 12.7. The van der Waals surface area contributed by atoms with Crippen LogP contribution in [-0.2, 0) is 35.2 Å². The van der Waals surface area contributed by atoms with Gasteiger partial charge >= 0.3 is 12.1 Å². The van der Waals surface area contributed by atoms with Crippen LogP contribution >= 0.6 is 0 Å². The number of ether oxygens (including phenoxy) is 2. The zero-order chi connectivity index (χ0) is 22.7. The quantitative estimate of drug-likeness (QED) is 0.286. The van der Waals surface area contributed by atoms with E-state index in [1.807, 2.05) is 30.3 Å². The lowest BCUT2D eigenvalue weighted by Gasteiger charge is -2.31. The molecule has 0 saturated carbocycles. The second-order valence-corrected chi connectivity index (χ2v) is 9.40. The van der Waals surface area contributed by atoms with Crippen molar-refractivity contribution in [3.05, 3.63) is 35.9 Å². The molecule has 31 heavy (non-hydrogen) atoms. The van der Waals surface area contributed by atoms with Crippen LogP contribution < -0.4 is 0 Å². The molecule has 0 bridgehead atoms. The fourth-order valence-corrected chi connectivity index (χ4v) is 4.23. The van der Waals surface area contributed by atoms with E-state index in [4.69, 9.17) is 13.7 Å². The fourth-order valence-electron chi connectivity index (χ4n) is 3.63. The normalized spacial score (nSPS) is 16.0. The molecule has 1 aliphatic heterocycles. The van der Waals surface area contributed by atoms with Gasteiger partial charge in [-0.15, -0.1) is 0 Å². The lowest BCUT2D eigenvalue weighted by atomic mass is 9.91. The lowest BCUT2D eigenvalue weighted by molar-refractivity contribution is -0.151. The smallest absolute Gasteiger partial charge is 0.410 e. The number of amides is 1. The van der Waals surface area contributed by atoms with E-state index >= 15 is 0 Å². The predicted molar refractivity (Wildman–Crippen MR) is 116 cm³/mol. The van der Waals surface area contributed by atoms with Gasteiger partial charge in [0.1, 0.15) is 6.61 Å². The number of hydrogen-bond donors (Lipinski definition) is 0. The molecule has 1 aliphatic rings. The molecular formula is C22H33NO7S. The van der Waals surface area contributed by atoms with Crippen LogP contribution in [0.15, 0.2) is 30.3 Å². The standard InChI is InChI=1S/C22H33NO7S/c1-3-28-21(24)20(30-31(2,26)27)12-8-7-9-18-13-15-23(16-14-18)22(25)29-17-19-10-5-4-6-11-19/h4-6,10-11,18,20H,3,7-9,12-17H2,1-2H3. The van der Waals surface area contributed by atoms with E-state index < -0.39 is 22.2 Å². The molecule has 1 atom stereocenters. The minimum atomic E-state index is -3.73. The Morgan fingerprint density at radius 2 is 1.77 bits per heavy atom. The molecule has 0 aliphatic carbocycles. The summed E-state index contributed by atoms with van der Waals surface area (Å²) in [6.07, 6.45) is 4.15. The molecule has 0 N–H and O–H groups in total. The Morgan fingerprint density at radius 1 is 1.10 bits per heavy atom. The molecule has 0 radical (unpaired) electrons. The molecule has 174 valence electrons. The predicted octanol–water partition coefficient (Wildman–Crippen LogP) is 3.50. The number of hydrogen-bond acceptors (Lipinski definition) is 7. The Hall–Kier alpha value is -2.13. The number of rotatable bonds is 11. The van der Waals surface area contributed by atoms with E-state index in [9.17, 15) is 18.0 Å². The topological polar surface area (TPSA) is 99.2 Å². The van der Waals surface area contributed by atoms with Crippen LogP contribution in [0.25, 0.3) is 0 Å². The third kappa shape index (κ3) is 9.69. The van der Waals surface area contributed by atoms with Gasteiger partial charge in [-0.2, -0.15) is 8.42 Å². The van der Waals surface area contributed by atoms with Crippen LogP contribution in [0.2, 0.25) is 0 Å². The Bertz CT molecular complexity index is 789. The molecule has 1 heterocycles. The molecule has 0 aromatic heterocycles. The average Bonchev–Trinajstić information content (AvgIpc) is 2.74. The number of likely N-dealkylation sites (tertiary alicyclic amines) is 1. The van der Waals surface area contributed by atoms with Gasteiger partial charge in [-0.1, -0.05) is 49.6 Å². The van der Waals surface area contributed by atoms with E-state index in [0.29, 0.717) is 31.8 Å². The van der Waals surface area contributed by atoms with Crippen molar-refractivity contribution < 1.29 is 31.7 Å². The van der Waals surface area contributed by atoms with Crippen molar-refractivity contribution in [2.24, 2.45) is 5.92 Å². The minimum Gasteiger partial charge on any atom is -0.464 e. The first-order valence-corrected chi connectivity index (χ1v) is 12.6. The first-order valence-electron chi connectivity index (χ1n) is 10.8. The van der Waals surface area contributed by atoms with E-state index in [2.05, 4.69) is 0 Å².